The lowest BCUT2D eigenvalue weighted by atomic mass is 9.44. The summed E-state index contributed by atoms with van der Waals surface area (Å²) in [6.45, 7) is 9.11. The molecule has 0 heterocycles. The molecule has 0 unspecified atom stereocenters. The van der Waals surface area contributed by atoms with Crippen LogP contribution < -0.4 is 0 Å². The van der Waals surface area contributed by atoms with Gasteiger partial charge in [0, 0.05) is 0 Å². The summed E-state index contributed by atoms with van der Waals surface area (Å²) in [5, 5.41) is 0. The molecule has 0 spiro atoms. The molecule has 4 bridgehead atoms. The van der Waals surface area contributed by atoms with Crippen LogP contribution in [-0.2, 0) is 38.0 Å². The lowest BCUT2D eigenvalue weighted by molar-refractivity contribution is -0.202. The fraction of sp³-hybridized carbons (Fsp3) is 0.833. The zero-order chi connectivity index (χ0) is 25.4. The normalized spacial score (nSPS) is 29.7. The molecule has 192 valence electrons. The predicted octanol–water partition coefficient (Wildman–Crippen LogP) is 4.48. The molecule has 0 atom stereocenters. The van der Waals surface area contributed by atoms with Gasteiger partial charge in [-0.1, -0.05) is 0 Å². The van der Waals surface area contributed by atoms with E-state index in [0.717, 1.165) is 6.42 Å². The largest absolute Gasteiger partial charge is 0.511 e. The number of esters is 2. The molecule has 0 radical (unpaired) electrons. The second kappa shape index (κ2) is 9.26. The Labute approximate surface area is 199 Å². The molecule has 10 nitrogen and oxygen atoms in total. The minimum absolute atomic E-state index is 0.194. The molecule has 4 saturated carbocycles. The van der Waals surface area contributed by atoms with Crippen molar-refractivity contribution in [2.24, 2.45) is 22.7 Å². The Morgan fingerprint density at radius 3 is 1.32 bits per heavy atom. The minimum atomic E-state index is -0.921. The number of rotatable bonds is 6. The Balaban J connectivity index is 1.57. The van der Waals surface area contributed by atoms with Crippen molar-refractivity contribution < 1.29 is 47.6 Å². The van der Waals surface area contributed by atoms with Crippen molar-refractivity contribution in [1.82, 2.24) is 0 Å². The highest BCUT2D eigenvalue weighted by Gasteiger charge is 2.64. The molecule has 0 aromatic rings. The zero-order valence-corrected chi connectivity index (χ0v) is 20.9. The predicted molar refractivity (Wildman–Crippen MR) is 116 cm³/mol. The first-order valence-electron chi connectivity index (χ1n) is 11.7. The fourth-order valence-corrected chi connectivity index (χ4v) is 5.87. The van der Waals surface area contributed by atoms with E-state index >= 15 is 0 Å². The maximum absolute atomic E-state index is 13.1. The maximum atomic E-state index is 13.1. The van der Waals surface area contributed by atoms with E-state index in [0.29, 0.717) is 32.1 Å². The van der Waals surface area contributed by atoms with Crippen LogP contribution in [0.15, 0.2) is 0 Å². The van der Waals surface area contributed by atoms with Gasteiger partial charge in [-0.2, -0.15) is 0 Å². The molecule has 4 fully saturated rings. The summed E-state index contributed by atoms with van der Waals surface area (Å²) in [5.41, 5.74) is -3.10. The second-order valence-corrected chi connectivity index (χ2v) is 11.8. The minimum Gasteiger partial charge on any atom is -0.428 e. The SMILES string of the molecule is CC(C)(C)OC(=O)OCOC(=O)C12CC3CC(C1)CC(C(=O)OCOC(=O)OC(C)(C)C)(C3)C2. The molecular weight excluding hydrogens is 448 g/mol. The molecule has 0 amide bonds. The molecule has 0 saturated heterocycles. The van der Waals surface area contributed by atoms with Gasteiger partial charge in [-0.05, 0) is 91.9 Å². The number of carbonyl (C=O) groups is 4. The number of ether oxygens (including phenoxy) is 6. The molecule has 34 heavy (non-hydrogen) atoms. The summed E-state index contributed by atoms with van der Waals surface area (Å²) >= 11 is 0. The zero-order valence-electron chi connectivity index (χ0n) is 20.9. The molecular formula is C24H36O10. The molecule has 4 rings (SSSR count). The van der Waals surface area contributed by atoms with E-state index in [1.54, 1.807) is 41.5 Å². The summed E-state index contributed by atoms with van der Waals surface area (Å²) in [6.07, 6.45) is 1.90. The van der Waals surface area contributed by atoms with Crippen molar-refractivity contribution in [2.45, 2.75) is 91.3 Å². The van der Waals surface area contributed by atoms with E-state index in [2.05, 4.69) is 0 Å². The first-order chi connectivity index (χ1) is 15.6. The number of carbonyl (C=O) groups excluding carboxylic acids is 4. The van der Waals surface area contributed by atoms with Crippen LogP contribution in [0.1, 0.15) is 80.1 Å². The van der Waals surface area contributed by atoms with Crippen LogP contribution in [0.3, 0.4) is 0 Å². The van der Waals surface area contributed by atoms with Gasteiger partial charge in [0.25, 0.3) is 0 Å². The summed E-state index contributed by atoms with van der Waals surface area (Å²) in [6, 6.07) is 0. The van der Waals surface area contributed by atoms with Gasteiger partial charge in [0.1, 0.15) is 11.2 Å². The lowest BCUT2D eigenvalue weighted by Gasteiger charge is -2.59. The van der Waals surface area contributed by atoms with Crippen LogP contribution in [0.25, 0.3) is 0 Å². The lowest BCUT2D eigenvalue weighted by Crippen LogP contribution is -2.58. The van der Waals surface area contributed by atoms with Gasteiger partial charge in [0.2, 0.25) is 13.6 Å². The van der Waals surface area contributed by atoms with Gasteiger partial charge in [-0.3, -0.25) is 9.59 Å². The topological polar surface area (TPSA) is 124 Å². The van der Waals surface area contributed by atoms with Crippen LogP contribution >= 0.6 is 0 Å². The van der Waals surface area contributed by atoms with Crippen LogP contribution in [0.5, 0.6) is 0 Å². The Kier molecular flexibility index (Phi) is 7.11. The Bertz CT molecular complexity index is 741. The van der Waals surface area contributed by atoms with E-state index in [4.69, 9.17) is 28.4 Å². The molecule has 0 aromatic heterocycles. The first-order valence-corrected chi connectivity index (χ1v) is 11.7. The van der Waals surface area contributed by atoms with E-state index in [1.165, 1.54) is 0 Å². The van der Waals surface area contributed by atoms with E-state index < -0.39 is 59.9 Å². The monoisotopic (exact) mass is 484 g/mol. The smallest absolute Gasteiger partial charge is 0.428 e. The van der Waals surface area contributed by atoms with Crippen LogP contribution in [0.4, 0.5) is 9.59 Å². The average molecular weight is 485 g/mol. The van der Waals surface area contributed by atoms with Gasteiger partial charge in [-0.25, -0.2) is 9.59 Å². The van der Waals surface area contributed by atoms with Crippen molar-refractivity contribution in [2.75, 3.05) is 13.6 Å². The third-order valence-corrected chi connectivity index (χ3v) is 6.44. The quantitative estimate of drug-likeness (QED) is 0.303. The summed E-state index contributed by atoms with van der Waals surface area (Å²) < 4.78 is 30.4. The van der Waals surface area contributed by atoms with Gasteiger partial charge in [-0.15, -0.1) is 0 Å². The molecule has 0 aromatic carbocycles. The standard InChI is InChI=1S/C24H36O10/c1-21(2,3)33-19(27)31-13-29-17(25)23-8-15-7-16(9-23)11-24(10-15,12-23)18(26)30-14-32-20(28)34-22(4,5)6/h15-16H,7-14H2,1-6H3. The number of hydrogen-bond donors (Lipinski definition) is 0. The summed E-state index contributed by atoms with van der Waals surface area (Å²) in [4.78, 5) is 49.6. The van der Waals surface area contributed by atoms with E-state index in [1.807, 2.05) is 0 Å². The number of hydrogen-bond acceptors (Lipinski definition) is 10. The van der Waals surface area contributed by atoms with Crippen LogP contribution in [-0.4, -0.2) is 49.0 Å². The highest BCUT2D eigenvalue weighted by molar-refractivity contribution is 5.83. The van der Waals surface area contributed by atoms with Crippen molar-refractivity contribution in [1.29, 1.82) is 0 Å². The van der Waals surface area contributed by atoms with Gasteiger partial charge in [0.15, 0.2) is 0 Å². The second-order valence-electron chi connectivity index (χ2n) is 11.8. The van der Waals surface area contributed by atoms with Crippen molar-refractivity contribution in [3.63, 3.8) is 0 Å². The molecule has 10 heteroatoms. The van der Waals surface area contributed by atoms with Crippen LogP contribution in [0.2, 0.25) is 0 Å². The Morgan fingerprint density at radius 2 is 1.00 bits per heavy atom. The highest BCUT2D eigenvalue weighted by Crippen LogP contribution is 2.66. The summed E-state index contributed by atoms with van der Waals surface area (Å²) in [7, 11) is 0. The Morgan fingerprint density at radius 1 is 0.647 bits per heavy atom. The van der Waals surface area contributed by atoms with Crippen molar-refractivity contribution in [3.05, 3.63) is 0 Å². The molecule has 4 aliphatic carbocycles. The first kappa shape index (κ1) is 26.1. The van der Waals surface area contributed by atoms with E-state index in [-0.39, 0.29) is 11.8 Å². The van der Waals surface area contributed by atoms with Crippen molar-refractivity contribution >= 4 is 24.2 Å². The van der Waals surface area contributed by atoms with Crippen molar-refractivity contribution in [3.8, 4) is 0 Å². The Hall–Kier alpha value is -2.52. The van der Waals surface area contributed by atoms with Gasteiger partial charge < -0.3 is 28.4 Å². The van der Waals surface area contributed by atoms with Crippen LogP contribution in [0, 0.1) is 22.7 Å². The maximum Gasteiger partial charge on any atom is 0.511 e. The van der Waals surface area contributed by atoms with Gasteiger partial charge in [0.05, 0.1) is 10.8 Å². The average Bonchev–Trinajstić information content (AvgIpc) is 2.63. The molecule has 4 aliphatic rings. The summed E-state index contributed by atoms with van der Waals surface area (Å²) in [5.74, 6) is -0.570. The molecule has 0 N–H and O–H groups in total. The third-order valence-electron chi connectivity index (χ3n) is 6.44. The molecule has 0 aliphatic heterocycles. The fourth-order valence-electron chi connectivity index (χ4n) is 5.87. The third kappa shape index (κ3) is 6.33. The van der Waals surface area contributed by atoms with E-state index in [9.17, 15) is 19.2 Å². The van der Waals surface area contributed by atoms with Gasteiger partial charge >= 0.3 is 24.2 Å². The highest BCUT2D eigenvalue weighted by atomic mass is 16.8.